The average molecular weight is 262 g/mol. The Morgan fingerprint density at radius 3 is 2.42 bits per heavy atom. The number of pyridine rings is 1. The second-order valence-corrected chi connectivity index (χ2v) is 4.90. The van der Waals surface area contributed by atoms with Crippen molar-refractivity contribution in [1.29, 1.82) is 0 Å². The number of primary amides is 1. The van der Waals surface area contributed by atoms with Crippen LogP contribution in [0, 0.1) is 5.92 Å². The molecule has 1 saturated carbocycles. The minimum absolute atomic E-state index is 0.0530. The first-order chi connectivity index (χ1) is 9.06. The fourth-order valence-electron chi connectivity index (χ4n) is 2.32. The number of nitrogens with two attached hydrogens (primary N) is 2. The maximum atomic E-state index is 11.9. The van der Waals surface area contributed by atoms with E-state index in [9.17, 15) is 9.59 Å². The van der Waals surface area contributed by atoms with Gasteiger partial charge in [0, 0.05) is 12.0 Å². The van der Waals surface area contributed by atoms with Crippen molar-refractivity contribution in [3.8, 4) is 0 Å². The average Bonchev–Trinajstić information content (AvgIpc) is 2.40. The molecule has 0 unspecified atom stereocenters. The predicted molar refractivity (Wildman–Crippen MR) is 71.1 cm³/mol. The van der Waals surface area contributed by atoms with E-state index in [1.807, 2.05) is 0 Å². The third kappa shape index (κ3) is 3.43. The lowest BCUT2D eigenvalue weighted by Crippen LogP contribution is -2.40. The molecule has 0 atom stereocenters. The molecule has 1 heterocycles. The van der Waals surface area contributed by atoms with E-state index in [2.05, 4.69) is 10.3 Å². The van der Waals surface area contributed by atoms with Crippen molar-refractivity contribution in [2.75, 3.05) is 5.73 Å². The summed E-state index contributed by atoms with van der Waals surface area (Å²) in [5, 5.41) is 2.92. The first-order valence-corrected chi connectivity index (χ1v) is 6.38. The van der Waals surface area contributed by atoms with Crippen LogP contribution < -0.4 is 16.8 Å². The highest BCUT2D eigenvalue weighted by molar-refractivity contribution is 5.92. The van der Waals surface area contributed by atoms with Gasteiger partial charge in [-0.1, -0.05) is 0 Å². The van der Waals surface area contributed by atoms with Gasteiger partial charge in [-0.15, -0.1) is 0 Å². The normalized spacial score (nSPS) is 22.7. The first kappa shape index (κ1) is 13.3. The van der Waals surface area contributed by atoms with Gasteiger partial charge in [0.1, 0.15) is 5.69 Å². The van der Waals surface area contributed by atoms with Gasteiger partial charge in [0.2, 0.25) is 5.91 Å². The van der Waals surface area contributed by atoms with Crippen LogP contribution in [0.15, 0.2) is 18.3 Å². The fourth-order valence-corrected chi connectivity index (χ4v) is 2.32. The molecule has 6 nitrogen and oxygen atoms in total. The Hall–Kier alpha value is -2.11. The molecule has 1 fully saturated rings. The molecule has 1 aliphatic carbocycles. The molecular formula is C13H18N4O2. The number of carbonyl (C=O) groups is 2. The lowest BCUT2D eigenvalue weighted by Gasteiger charge is -2.27. The van der Waals surface area contributed by atoms with Gasteiger partial charge in [-0.05, 0) is 37.8 Å². The zero-order valence-electron chi connectivity index (χ0n) is 10.6. The molecule has 1 aliphatic rings. The van der Waals surface area contributed by atoms with E-state index < -0.39 is 0 Å². The van der Waals surface area contributed by atoms with Gasteiger partial charge >= 0.3 is 0 Å². The molecule has 0 aliphatic heterocycles. The fraction of sp³-hybridized carbons (Fsp3) is 0.462. The van der Waals surface area contributed by atoms with Gasteiger partial charge in [0.25, 0.3) is 5.91 Å². The zero-order chi connectivity index (χ0) is 13.8. The summed E-state index contributed by atoms with van der Waals surface area (Å²) in [5.41, 5.74) is 11.7. The van der Waals surface area contributed by atoms with Crippen LogP contribution in [-0.2, 0) is 4.79 Å². The molecule has 2 amide bonds. The Morgan fingerprint density at radius 1 is 1.21 bits per heavy atom. The number of rotatable bonds is 3. The maximum Gasteiger partial charge on any atom is 0.270 e. The highest BCUT2D eigenvalue weighted by atomic mass is 16.2. The summed E-state index contributed by atoms with van der Waals surface area (Å²) in [6.45, 7) is 0. The second kappa shape index (κ2) is 5.69. The molecule has 0 aromatic carbocycles. The Bertz CT molecular complexity index is 464. The lowest BCUT2D eigenvalue weighted by molar-refractivity contribution is -0.122. The number of anilines is 1. The Labute approximate surface area is 111 Å². The topological polar surface area (TPSA) is 111 Å². The van der Waals surface area contributed by atoms with Crippen molar-refractivity contribution in [1.82, 2.24) is 10.3 Å². The third-order valence-electron chi connectivity index (χ3n) is 3.48. The van der Waals surface area contributed by atoms with Crippen LogP contribution >= 0.6 is 0 Å². The number of amides is 2. The molecule has 0 radical (unpaired) electrons. The molecule has 0 spiro atoms. The van der Waals surface area contributed by atoms with Crippen LogP contribution in [0.4, 0.5) is 5.69 Å². The minimum Gasteiger partial charge on any atom is -0.397 e. The molecule has 5 N–H and O–H groups in total. The molecule has 1 aromatic heterocycles. The summed E-state index contributed by atoms with van der Waals surface area (Å²) in [5.74, 6) is -0.504. The van der Waals surface area contributed by atoms with E-state index in [1.54, 1.807) is 12.1 Å². The molecule has 102 valence electrons. The number of hydrogen-bond donors (Lipinski definition) is 3. The predicted octanol–water partition coefficient (Wildman–Crippen LogP) is 0.438. The molecule has 0 saturated heterocycles. The van der Waals surface area contributed by atoms with Gasteiger partial charge < -0.3 is 16.8 Å². The lowest BCUT2D eigenvalue weighted by atomic mass is 9.85. The van der Waals surface area contributed by atoms with Crippen LogP contribution in [0.1, 0.15) is 36.2 Å². The first-order valence-electron chi connectivity index (χ1n) is 6.38. The third-order valence-corrected chi connectivity index (χ3v) is 3.48. The van der Waals surface area contributed by atoms with Gasteiger partial charge in [0.05, 0.1) is 11.9 Å². The van der Waals surface area contributed by atoms with Crippen molar-refractivity contribution >= 4 is 17.5 Å². The summed E-state index contributed by atoms with van der Waals surface area (Å²) in [6.07, 6.45) is 4.46. The van der Waals surface area contributed by atoms with Gasteiger partial charge in [0.15, 0.2) is 0 Å². The van der Waals surface area contributed by atoms with Gasteiger partial charge in [-0.25, -0.2) is 4.98 Å². The molecular weight excluding hydrogens is 244 g/mol. The van der Waals surface area contributed by atoms with Crippen LogP contribution in [0.25, 0.3) is 0 Å². The zero-order valence-corrected chi connectivity index (χ0v) is 10.6. The monoisotopic (exact) mass is 262 g/mol. The molecule has 0 bridgehead atoms. The standard InChI is InChI=1S/C13H18N4O2/c14-9-3-6-11(16-7-9)13(19)17-10-4-1-8(2-5-10)12(15)18/h3,6-8,10H,1-2,4-5,14H2,(H2,15,18)(H,17,19). The van der Waals surface area contributed by atoms with E-state index >= 15 is 0 Å². The summed E-state index contributed by atoms with van der Waals surface area (Å²) >= 11 is 0. The summed E-state index contributed by atoms with van der Waals surface area (Å²) in [7, 11) is 0. The Morgan fingerprint density at radius 2 is 1.89 bits per heavy atom. The number of hydrogen-bond acceptors (Lipinski definition) is 4. The van der Waals surface area contributed by atoms with Gasteiger partial charge in [-0.3, -0.25) is 9.59 Å². The Balaban J connectivity index is 1.87. The van der Waals surface area contributed by atoms with E-state index in [0.717, 1.165) is 25.7 Å². The molecule has 1 aromatic rings. The van der Waals surface area contributed by atoms with Crippen molar-refractivity contribution in [2.24, 2.45) is 11.7 Å². The van der Waals surface area contributed by atoms with Crippen LogP contribution in [0.2, 0.25) is 0 Å². The second-order valence-electron chi connectivity index (χ2n) is 4.90. The highest BCUT2D eigenvalue weighted by Crippen LogP contribution is 2.24. The minimum atomic E-state index is -0.245. The number of nitrogens with zero attached hydrogens (tertiary/aromatic N) is 1. The van der Waals surface area contributed by atoms with Gasteiger partial charge in [-0.2, -0.15) is 0 Å². The van der Waals surface area contributed by atoms with Crippen molar-refractivity contribution in [3.63, 3.8) is 0 Å². The highest BCUT2D eigenvalue weighted by Gasteiger charge is 2.25. The van der Waals surface area contributed by atoms with Crippen LogP contribution in [0.5, 0.6) is 0 Å². The van der Waals surface area contributed by atoms with E-state index in [-0.39, 0.29) is 23.8 Å². The molecule has 2 rings (SSSR count). The number of aromatic nitrogens is 1. The van der Waals surface area contributed by atoms with Crippen molar-refractivity contribution < 1.29 is 9.59 Å². The van der Waals surface area contributed by atoms with E-state index in [1.165, 1.54) is 6.20 Å². The van der Waals surface area contributed by atoms with E-state index in [4.69, 9.17) is 11.5 Å². The smallest absolute Gasteiger partial charge is 0.270 e. The molecule has 19 heavy (non-hydrogen) atoms. The summed E-state index contributed by atoms with van der Waals surface area (Å²) in [6, 6.07) is 3.33. The quantitative estimate of drug-likeness (QED) is 0.733. The van der Waals surface area contributed by atoms with E-state index in [0.29, 0.717) is 11.4 Å². The number of nitrogen functional groups attached to an aromatic ring is 1. The SMILES string of the molecule is NC(=O)C1CCC(NC(=O)c2ccc(N)cn2)CC1. The van der Waals surface area contributed by atoms with Crippen molar-refractivity contribution in [3.05, 3.63) is 24.0 Å². The maximum absolute atomic E-state index is 11.9. The summed E-state index contributed by atoms with van der Waals surface area (Å²) < 4.78 is 0. The molecule has 6 heteroatoms. The Kier molecular flexibility index (Phi) is 3.99. The van der Waals surface area contributed by atoms with Crippen LogP contribution in [-0.4, -0.2) is 22.8 Å². The number of nitrogens with one attached hydrogen (secondary N) is 1. The number of carbonyl (C=O) groups excluding carboxylic acids is 2. The van der Waals surface area contributed by atoms with Crippen LogP contribution in [0.3, 0.4) is 0 Å². The van der Waals surface area contributed by atoms with Crippen molar-refractivity contribution in [2.45, 2.75) is 31.7 Å². The largest absolute Gasteiger partial charge is 0.397 e. The summed E-state index contributed by atoms with van der Waals surface area (Å²) in [4.78, 5) is 27.0.